The molecule has 0 radical (unpaired) electrons. The second-order valence-electron chi connectivity index (χ2n) is 8.41. The number of amides is 1. The van der Waals surface area contributed by atoms with Gasteiger partial charge in [0.05, 0.1) is 4.90 Å². The number of nitrogens with zero attached hydrogens (tertiary/aromatic N) is 1. The zero-order chi connectivity index (χ0) is 23.1. The number of benzene rings is 2. The van der Waals surface area contributed by atoms with Crippen molar-refractivity contribution in [1.82, 2.24) is 9.62 Å². The number of hydrogen-bond donors (Lipinski definition) is 2. The van der Waals surface area contributed by atoms with Crippen LogP contribution in [0, 0.1) is 12.8 Å². The monoisotopic (exact) mass is 457 g/mol. The van der Waals surface area contributed by atoms with Crippen LogP contribution in [0.15, 0.2) is 53.4 Å². The Morgan fingerprint density at radius 1 is 1.06 bits per heavy atom. The largest absolute Gasteiger partial charge is 0.326 e. The van der Waals surface area contributed by atoms with Gasteiger partial charge >= 0.3 is 0 Å². The molecule has 1 heterocycles. The van der Waals surface area contributed by atoms with Crippen molar-refractivity contribution in [3.8, 4) is 0 Å². The van der Waals surface area contributed by atoms with E-state index in [1.165, 1.54) is 6.92 Å². The smallest absolute Gasteiger partial charge is 0.240 e. The third-order valence-corrected chi connectivity index (χ3v) is 7.17. The highest BCUT2D eigenvalue weighted by molar-refractivity contribution is 7.89. The number of Topliss-reactive ketones (excluding diaryl/α,β-unsaturated/α-hetero) is 1. The van der Waals surface area contributed by atoms with Crippen molar-refractivity contribution in [2.45, 2.75) is 38.0 Å². The zero-order valence-electron chi connectivity index (χ0n) is 18.6. The number of rotatable bonds is 9. The number of aryl methyl sites for hydroxylation is 1. The van der Waals surface area contributed by atoms with Crippen LogP contribution < -0.4 is 10.0 Å². The molecule has 7 nitrogen and oxygen atoms in total. The molecule has 172 valence electrons. The van der Waals surface area contributed by atoms with Crippen molar-refractivity contribution in [2.24, 2.45) is 5.92 Å². The molecule has 1 aliphatic rings. The predicted octanol–water partition coefficient (Wildman–Crippen LogP) is 3.22. The molecule has 8 heteroatoms. The summed E-state index contributed by atoms with van der Waals surface area (Å²) in [6.45, 7) is 6.11. The van der Waals surface area contributed by atoms with Crippen molar-refractivity contribution in [3.05, 3.63) is 59.7 Å². The zero-order valence-corrected chi connectivity index (χ0v) is 19.5. The Labute approximate surface area is 190 Å². The van der Waals surface area contributed by atoms with Crippen LogP contribution in [0.25, 0.3) is 0 Å². The van der Waals surface area contributed by atoms with E-state index in [9.17, 15) is 18.0 Å². The minimum atomic E-state index is -3.52. The van der Waals surface area contributed by atoms with Gasteiger partial charge < -0.3 is 10.2 Å². The highest BCUT2D eigenvalue weighted by atomic mass is 32.2. The summed E-state index contributed by atoms with van der Waals surface area (Å²) < 4.78 is 27.8. The van der Waals surface area contributed by atoms with E-state index in [-0.39, 0.29) is 22.5 Å². The van der Waals surface area contributed by atoms with Gasteiger partial charge in [-0.2, -0.15) is 0 Å². The predicted molar refractivity (Wildman–Crippen MR) is 125 cm³/mol. The molecule has 1 fully saturated rings. The molecule has 2 N–H and O–H groups in total. The van der Waals surface area contributed by atoms with E-state index in [2.05, 4.69) is 14.9 Å². The Morgan fingerprint density at radius 2 is 1.75 bits per heavy atom. The summed E-state index contributed by atoms with van der Waals surface area (Å²) in [5, 5.41) is 2.86. The number of carbonyl (C=O) groups excluding carboxylic acids is 2. The van der Waals surface area contributed by atoms with Crippen LogP contribution in [0.4, 0.5) is 5.69 Å². The van der Waals surface area contributed by atoms with Crippen molar-refractivity contribution in [1.29, 1.82) is 0 Å². The SMILES string of the molecule is CC(=O)c1ccc(NC(=O)CCN2CCCC(CNS(=O)(=O)c3ccc(C)cc3)C2)cc1. The maximum absolute atomic E-state index is 12.5. The second-order valence-corrected chi connectivity index (χ2v) is 10.2. The molecule has 0 aromatic heterocycles. The Morgan fingerprint density at radius 3 is 2.41 bits per heavy atom. The van der Waals surface area contributed by atoms with E-state index < -0.39 is 10.0 Å². The minimum absolute atomic E-state index is 0.0105. The first-order chi connectivity index (χ1) is 15.2. The van der Waals surface area contributed by atoms with Crippen LogP contribution in [0.5, 0.6) is 0 Å². The number of carbonyl (C=O) groups is 2. The van der Waals surface area contributed by atoms with Gasteiger partial charge in [0.2, 0.25) is 15.9 Å². The fourth-order valence-electron chi connectivity index (χ4n) is 3.82. The van der Waals surface area contributed by atoms with Gasteiger partial charge in [-0.05, 0) is 75.5 Å². The van der Waals surface area contributed by atoms with Gasteiger partial charge in [0.25, 0.3) is 0 Å². The number of hydrogen-bond acceptors (Lipinski definition) is 5. The van der Waals surface area contributed by atoms with E-state index in [0.29, 0.717) is 30.8 Å². The van der Waals surface area contributed by atoms with Gasteiger partial charge in [-0.1, -0.05) is 17.7 Å². The Balaban J connectivity index is 1.43. The summed E-state index contributed by atoms with van der Waals surface area (Å²) in [6, 6.07) is 13.7. The fourth-order valence-corrected chi connectivity index (χ4v) is 4.94. The Hall–Kier alpha value is -2.55. The molecule has 2 aromatic carbocycles. The van der Waals surface area contributed by atoms with Gasteiger partial charge in [0.1, 0.15) is 0 Å². The summed E-state index contributed by atoms with van der Waals surface area (Å²) in [7, 11) is -3.52. The lowest BCUT2D eigenvalue weighted by Crippen LogP contribution is -2.41. The Kier molecular flexibility index (Phi) is 8.17. The molecule has 1 amide bonds. The van der Waals surface area contributed by atoms with Crippen LogP contribution >= 0.6 is 0 Å². The van der Waals surface area contributed by atoms with Crippen LogP contribution in [-0.2, 0) is 14.8 Å². The van der Waals surface area contributed by atoms with Gasteiger partial charge in [-0.3, -0.25) is 9.59 Å². The quantitative estimate of drug-likeness (QED) is 0.564. The molecular weight excluding hydrogens is 426 g/mol. The second kappa shape index (κ2) is 10.8. The number of sulfonamides is 1. The third kappa shape index (κ3) is 6.98. The highest BCUT2D eigenvalue weighted by Crippen LogP contribution is 2.18. The molecule has 0 spiro atoms. The van der Waals surface area contributed by atoms with Crippen LogP contribution in [-0.4, -0.2) is 51.2 Å². The first kappa shape index (κ1) is 24.1. The third-order valence-electron chi connectivity index (χ3n) is 5.73. The molecule has 0 aliphatic carbocycles. The molecule has 32 heavy (non-hydrogen) atoms. The molecule has 1 unspecified atom stereocenters. The number of anilines is 1. The molecule has 0 saturated carbocycles. The molecular formula is C24H31N3O4S. The molecule has 3 rings (SSSR count). The summed E-state index contributed by atoms with van der Waals surface area (Å²) in [4.78, 5) is 26.1. The fraction of sp³-hybridized carbons (Fsp3) is 0.417. The number of piperidine rings is 1. The van der Waals surface area contributed by atoms with E-state index in [0.717, 1.165) is 31.5 Å². The minimum Gasteiger partial charge on any atom is -0.326 e. The highest BCUT2D eigenvalue weighted by Gasteiger charge is 2.23. The first-order valence-corrected chi connectivity index (χ1v) is 12.4. The van der Waals surface area contributed by atoms with E-state index in [4.69, 9.17) is 0 Å². The van der Waals surface area contributed by atoms with Crippen molar-refractivity contribution >= 4 is 27.4 Å². The van der Waals surface area contributed by atoms with Crippen molar-refractivity contribution < 1.29 is 18.0 Å². The lowest BCUT2D eigenvalue weighted by molar-refractivity contribution is -0.116. The molecule has 2 aromatic rings. The topological polar surface area (TPSA) is 95.6 Å². The number of ketones is 1. The van der Waals surface area contributed by atoms with E-state index in [1.807, 2.05) is 6.92 Å². The summed E-state index contributed by atoms with van der Waals surface area (Å²) in [5.41, 5.74) is 2.30. The van der Waals surface area contributed by atoms with Crippen LogP contribution in [0.3, 0.4) is 0 Å². The number of likely N-dealkylation sites (tertiary alicyclic amines) is 1. The van der Waals surface area contributed by atoms with Gasteiger partial charge in [-0.25, -0.2) is 13.1 Å². The maximum atomic E-state index is 12.5. The Bertz CT molecular complexity index is 1030. The van der Waals surface area contributed by atoms with Crippen molar-refractivity contribution in [3.63, 3.8) is 0 Å². The molecule has 1 saturated heterocycles. The first-order valence-electron chi connectivity index (χ1n) is 10.9. The molecule has 1 aliphatic heterocycles. The molecule has 0 bridgehead atoms. The summed E-state index contributed by atoms with van der Waals surface area (Å²) >= 11 is 0. The average Bonchev–Trinajstić information content (AvgIpc) is 2.77. The van der Waals surface area contributed by atoms with Crippen LogP contribution in [0.2, 0.25) is 0 Å². The van der Waals surface area contributed by atoms with E-state index in [1.54, 1.807) is 48.5 Å². The maximum Gasteiger partial charge on any atom is 0.240 e. The van der Waals surface area contributed by atoms with Gasteiger partial charge in [-0.15, -0.1) is 0 Å². The van der Waals surface area contributed by atoms with E-state index >= 15 is 0 Å². The normalized spacial score (nSPS) is 17.1. The lowest BCUT2D eigenvalue weighted by Gasteiger charge is -2.32. The van der Waals surface area contributed by atoms with Gasteiger partial charge in [0.15, 0.2) is 5.78 Å². The van der Waals surface area contributed by atoms with Crippen molar-refractivity contribution in [2.75, 3.05) is 31.5 Å². The van der Waals surface area contributed by atoms with Gasteiger partial charge in [0, 0.05) is 37.3 Å². The lowest BCUT2D eigenvalue weighted by atomic mass is 9.98. The van der Waals surface area contributed by atoms with Crippen LogP contribution in [0.1, 0.15) is 42.1 Å². The summed E-state index contributed by atoms with van der Waals surface area (Å²) in [5.74, 6) is 0.123. The standard InChI is InChI=1S/C24H31N3O4S/c1-18-5-11-23(12-6-18)32(30,31)25-16-20-4-3-14-27(17-20)15-13-24(29)26-22-9-7-21(8-10-22)19(2)28/h5-12,20,25H,3-4,13-17H2,1-2H3,(H,26,29). The summed E-state index contributed by atoms with van der Waals surface area (Å²) in [6.07, 6.45) is 2.29. The molecule has 1 atom stereocenters. The number of nitrogens with one attached hydrogen (secondary N) is 2. The average molecular weight is 458 g/mol.